The molecule has 2 aromatic carbocycles. The zero-order chi connectivity index (χ0) is 22.0. The maximum Gasteiger partial charge on any atom is 0.416 e. The van der Waals surface area contributed by atoms with Gasteiger partial charge in [-0.3, -0.25) is 14.8 Å². The minimum Gasteiger partial charge on any atom is -0.348 e. The number of aryl methyl sites for hydroxylation is 1. The molecule has 31 heavy (non-hydrogen) atoms. The number of amides is 1. The fourth-order valence-electron chi connectivity index (χ4n) is 3.85. The van der Waals surface area contributed by atoms with Crippen LogP contribution in [0.2, 0.25) is 0 Å². The summed E-state index contributed by atoms with van der Waals surface area (Å²) >= 11 is 0. The lowest BCUT2D eigenvalue weighted by molar-refractivity contribution is -0.137. The number of H-pyrrole nitrogens is 1. The van der Waals surface area contributed by atoms with E-state index < -0.39 is 11.7 Å². The van der Waals surface area contributed by atoms with E-state index >= 15 is 0 Å². The van der Waals surface area contributed by atoms with E-state index in [1.807, 2.05) is 6.07 Å². The number of nitrogens with zero attached hydrogens (tertiary/aromatic N) is 3. The number of benzene rings is 2. The van der Waals surface area contributed by atoms with Crippen LogP contribution in [0.1, 0.15) is 45.6 Å². The number of halogens is 3. The van der Waals surface area contributed by atoms with Crippen LogP contribution < -0.4 is 5.32 Å². The lowest BCUT2D eigenvalue weighted by Gasteiger charge is -2.22. The van der Waals surface area contributed by atoms with E-state index in [4.69, 9.17) is 0 Å². The molecule has 3 aromatic rings. The molecule has 162 valence electrons. The zero-order valence-corrected chi connectivity index (χ0v) is 16.9. The maximum atomic E-state index is 12.9. The molecule has 1 aromatic heterocycles. The Balaban J connectivity index is 1.50. The second kappa shape index (κ2) is 8.50. The maximum absolute atomic E-state index is 12.9. The number of carbonyl (C=O) groups excluding carboxylic acids is 1. The fraction of sp³-hybridized carbons (Fsp3) is 0.318. The molecule has 1 saturated heterocycles. The molecule has 0 saturated carbocycles. The highest BCUT2D eigenvalue weighted by Gasteiger charge is 2.36. The molecule has 0 aliphatic carbocycles. The van der Waals surface area contributed by atoms with Crippen LogP contribution in [0.15, 0.2) is 54.6 Å². The average Bonchev–Trinajstić information content (AvgIpc) is 3.34. The highest BCUT2D eigenvalue weighted by atomic mass is 19.4. The van der Waals surface area contributed by atoms with Gasteiger partial charge in [-0.15, -0.1) is 0 Å². The Bertz CT molecular complexity index is 1030. The minimum atomic E-state index is -4.36. The van der Waals surface area contributed by atoms with Crippen LogP contribution in [-0.4, -0.2) is 38.6 Å². The number of alkyl halides is 3. The van der Waals surface area contributed by atoms with Crippen LogP contribution in [0.5, 0.6) is 0 Å². The summed E-state index contributed by atoms with van der Waals surface area (Å²) in [5, 5.41) is 10.2. The summed E-state index contributed by atoms with van der Waals surface area (Å²) in [6.45, 7) is 2.77. The SMILES string of the molecule is Cc1nc(C2CC(NC(=O)c3ccccc3)CN2Cc2ccc(C(F)(F)F)cc2)n[nH]1. The van der Waals surface area contributed by atoms with E-state index in [1.165, 1.54) is 12.1 Å². The van der Waals surface area contributed by atoms with E-state index in [-0.39, 0.29) is 18.0 Å². The van der Waals surface area contributed by atoms with Crippen molar-refractivity contribution in [1.82, 2.24) is 25.4 Å². The molecule has 2 unspecified atom stereocenters. The van der Waals surface area contributed by atoms with Gasteiger partial charge in [0.2, 0.25) is 0 Å². The number of nitrogens with one attached hydrogen (secondary N) is 2. The van der Waals surface area contributed by atoms with E-state index in [0.717, 1.165) is 17.7 Å². The first-order valence-electron chi connectivity index (χ1n) is 9.94. The Labute approximate surface area is 177 Å². The highest BCUT2D eigenvalue weighted by Crippen LogP contribution is 2.33. The van der Waals surface area contributed by atoms with Crippen molar-refractivity contribution in [3.05, 3.63) is 82.9 Å². The lowest BCUT2D eigenvalue weighted by Crippen LogP contribution is -2.37. The first-order valence-corrected chi connectivity index (χ1v) is 9.94. The van der Waals surface area contributed by atoms with Gasteiger partial charge in [0, 0.05) is 24.7 Å². The van der Waals surface area contributed by atoms with Crippen LogP contribution in [-0.2, 0) is 12.7 Å². The molecule has 1 fully saturated rings. The van der Waals surface area contributed by atoms with Crippen molar-refractivity contribution < 1.29 is 18.0 Å². The second-order valence-electron chi connectivity index (χ2n) is 7.69. The van der Waals surface area contributed by atoms with E-state index in [2.05, 4.69) is 25.4 Å². The number of hydrogen-bond donors (Lipinski definition) is 2. The molecule has 2 N–H and O–H groups in total. The molecule has 0 bridgehead atoms. The van der Waals surface area contributed by atoms with Crippen LogP contribution >= 0.6 is 0 Å². The molecular formula is C22H22F3N5O. The smallest absolute Gasteiger partial charge is 0.348 e. The van der Waals surface area contributed by atoms with Gasteiger partial charge in [-0.25, -0.2) is 4.98 Å². The van der Waals surface area contributed by atoms with Gasteiger partial charge in [0.15, 0.2) is 5.82 Å². The average molecular weight is 429 g/mol. The number of likely N-dealkylation sites (tertiary alicyclic amines) is 1. The van der Waals surface area contributed by atoms with Crippen molar-refractivity contribution in [3.8, 4) is 0 Å². The Hall–Kier alpha value is -3.20. The predicted molar refractivity (Wildman–Crippen MR) is 108 cm³/mol. The van der Waals surface area contributed by atoms with Crippen molar-refractivity contribution in [1.29, 1.82) is 0 Å². The molecule has 6 nitrogen and oxygen atoms in total. The number of aromatic amines is 1. The molecular weight excluding hydrogens is 407 g/mol. The third-order valence-electron chi connectivity index (χ3n) is 5.35. The van der Waals surface area contributed by atoms with Gasteiger partial charge in [0.25, 0.3) is 5.91 Å². The molecule has 9 heteroatoms. The van der Waals surface area contributed by atoms with Crippen molar-refractivity contribution in [2.24, 2.45) is 0 Å². The van der Waals surface area contributed by atoms with Gasteiger partial charge in [0.05, 0.1) is 11.6 Å². The van der Waals surface area contributed by atoms with Gasteiger partial charge < -0.3 is 5.32 Å². The summed E-state index contributed by atoms with van der Waals surface area (Å²) in [5.74, 6) is 1.13. The fourth-order valence-corrected chi connectivity index (χ4v) is 3.85. The minimum absolute atomic E-state index is 0.133. The molecule has 0 spiro atoms. The molecule has 0 radical (unpaired) electrons. The predicted octanol–water partition coefficient (Wildman–Crippen LogP) is 3.88. The highest BCUT2D eigenvalue weighted by molar-refractivity contribution is 5.94. The summed E-state index contributed by atoms with van der Waals surface area (Å²) in [6, 6.07) is 13.8. The van der Waals surface area contributed by atoms with Crippen LogP contribution in [0.3, 0.4) is 0 Å². The van der Waals surface area contributed by atoms with Gasteiger partial charge in [-0.1, -0.05) is 30.3 Å². The van der Waals surface area contributed by atoms with Crippen LogP contribution in [0, 0.1) is 6.92 Å². The van der Waals surface area contributed by atoms with Gasteiger partial charge >= 0.3 is 6.18 Å². The van der Waals surface area contributed by atoms with Crippen molar-refractivity contribution in [2.45, 2.75) is 38.1 Å². The van der Waals surface area contributed by atoms with Gasteiger partial charge in [-0.05, 0) is 43.2 Å². The first-order chi connectivity index (χ1) is 14.8. The Morgan fingerprint density at radius 3 is 2.48 bits per heavy atom. The second-order valence-corrected chi connectivity index (χ2v) is 7.69. The van der Waals surface area contributed by atoms with Gasteiger partial charge in [-0.2, -0.15) is 18.3 Å². The number of carbonyl (C=O) groups is 1. The Morgan fingerprint density at radius 1 is 1.16 bits per heavy atom. The first kappa shape index (κ1) is 21.0. The topological polar surface area (TPSA) is 73.9 Å². The largest absolute Gasteiger partial charge is 0.416 e. The number of aromatic nitrogens is 3. The molecule has 2 atom stereocenters. The van der Waals surface area contributed by atoms with Crippen molar-refractivity contribution in [3.63, 3.8) is 0 Å². The van der Waals surface area contributed by atoms with E-state index in [9.17, 15) is 18.0 Å². The van der Waals surface area contributed by atoms with E-state index in [1.54, 1.807) is 31.2 Å². The molecule has 1 amide bonds. The number of hydrogen-bond acceptors (Lipinski definition) is 4. The summed E-state index contributed by atoms with van der Waals surface area (Å²) in [5.41, 5.74) is 0.654. The molecule has 2 heterocycles. The van der Waals surface area contributed by atoms with Crippen molar-refractivity contribution in [2.75, 3.05) is 6.54 Å². The normalized spacial score (nSPS) is 19.5. The van der Waals surface area contributed by atoms with E-state index in [0.29, 0.717) is 36.7 Å². The van der Waals surface area contributed by atoms with Gasteiger partial charge in [0.1, 0.15) is 5.82 Å². The molecule has 4 rings (SSSR count). The van der Waals surface area contributed by atoms with Crippen LogP contribution in [0.25, 0.3) is 0 Å². The number of rotatable bonds is 5. The summed E-state index contributed by atoms with van der Waals surface area (Å²) in [7, 11) is 0. The van der Waals surface area contributed by atoms with Crippen LogP contribution in [0.4, 0.5) is 13.2 Å². The molecule has 1 aliphatic rings. The standard InChI is InChI=1S/C22H22F3N5O/c1-14-26-20(29-28-14)19-11-18(27-21(31)16-5-3-2-4-6-16)13-30(19)12-15-7-9-17(10-8-15)22(23,24)25/h2-10,18-19H,11-13H2,1H3,(H,27,31)(H,26,28,29). The third kappa shape index (κ3) is 4.93. The Morgan fingerprint density at radius 2 is 1.87 bits per heavy atom. The van der Waals surface area contributed by atoms with Crippen molar-refractivity contribution >= 4 is 5.91 Å². The lowest BCUT2D eigenvalue weighted by atomic mass is 10.1. The Kier molecular flexibility index (Phi) is 5.77. The summed E-state index contributed by atoms with van der Waals surface area (Å²) < 4.78 is 38.6. The zero-order valence-electron chi connectivity index (χ0n) is 16.9. The summed E-state index contributed by atoms with van der Waals surface area (Å²) in [4.78, 5) is 19.1. The third-order valence-corrected chi connectivity index (χ3v) is 5.35. The monoisotopic (exact) mass is 429 g/mol. The summed E-state index contributed by atoms with van der Waals surface area (Å²) in [6.07, 6.45) is -3.76. The molecule has 1 aliphatic heterocycles. The quantitative estimate of drug-likeness (QED) is 0.646.